The zero-order valence-corrected chi connectivity index (χ0v) is 10.5. The lowest BCUT2D eigenvalue weighted by Crippen LogP contribution is -1.91. The maximum absolute atomic E-state index is 10.9. The smallest absolute Gasteiger partial charge is 0.371 e. The quantitative estimate of drug-likeness (QED) is 0.750. The summed E-state index contributed by atoms with van der Waals surface area (Å²) in [6, 6.07) is 14.9. The van der Waals surface area contributed by atoms with Crippen LogP contribution in [0.25, 0.3) is 22.1 Å². The number of rotatable bonds is 2. The molecule has 3 aromatic rings. The van der Waals surface area contributed by atoms with E-state index in [0.717, 1.165) is 11.1 Å². The van der Waals surface area contributed by atoms with Crippen LogP contribution in [0.4, 0.5) is 0 Å². The highest BCUT2D eigenvalue weighted by molar-refractivity contribution is 6.35. The van der Waals surface area contributed by atoms with Crippen LogP contribution in [0.3, 0.4) is 0 Å². The van der Waals surface area contributed by atoms with Gasteiger partial charge in [-0.2, -0.15) is 0 Å². The van der Waals surface area contributed by atoms with Crippen molar-refractivity contribution in [3.63, 3.8) is 0 Å². The van der Waals surface area contributed by atoms with Crippen LogP contribution in [0.2, 0.25) is 5.02 Å². The number of furan rings is 1. The Bertz CT molecular complexity index is 760. The van der Waals surface area contributed by atoms with Crippen molar-refractivity contribution in [3.8, 4) is 11.1 Å². The van der Waals surface area contributed by atoms with Crippen molar-refractivity contribution in [1.29, 1.82) is 0 Å². The van der Waals surface area contributed by atoms with Crippen LogP contribution in [-0.4, -0.2) is 11.1 Å². The molecule has 1 N–H and O–H groups in total. The van der Waals surface area contributed by atoms with Crippen LogP contribution in [-0.2, 0) is 0 Å². The fourth-order valence-corrected chi connectivity index (χ4v) is 2.28. The van der Waals surface area contributed by atoms with Crippen LogP contribution >= 0.6 is 11.6 Å². The first-order chi connectivity index (χ1) is 9.15. The molecule has 0 radical (unpaired) electrons. The van der Waals surface area contributed by atoms with Crippen molar-refractivity contribution >= 4 is 28.5 Å². The molecule has 4 heteroatoms. The van der Waals surface area contributed by atoms with Crippen LogP contribution in [0.15, 0.2) is 52.9 Å². The highest BCUT2D eigenvalue weighted by Gasteiger charge is 2.14. The molecule has 0 fully saturated rings. The maximum Gasteiger partial charge on any atom is 0.371 e. The molecule has 3 rings (SSSR count). The molecule has 0 unspecified atom stereocenters. The monoisotopic (exact) mass is 272 g/mol. The molecule has 0 atom stereocenters. The predicted octanol–water partition coefficient (Wildman–Crippen LogP) is 4.45. The number of carboxylic acids is 1. The fourth-order valence-electron chi connectivity index (χ4n) is 2.01. The van der Waals surface area contributed by atoms with E-state index >= 15 is 0 Å². The molecule has 3 nitrogen and oxygen atoms in total. The minimum Gasteiger partial charge on any atom is -0.475 e. The molecule has 94 valence electrons. The zero-order chi connectivity index (χ0) is 13.4. The fraction of sp³-hybridized carbons (Fsp3) is 0. The molecule has 0 aliphatic carbocycles. The number of carboxylic acid groups (broad SMARTS) is 1. The standard InChI is InChI=1S/C15H9ClO3/c16-12-7-10(9-4-2-1-3-5-9)6-11-8-13(15(17)18)19-14(11)12/h1-8H,(H,17,18). The molecule has 2 aromatic carbocycles. The molecule has 0 saturated carbocycles. The van der Waals surface area contributed by atoms with E-state index in [1.54, 1.807) is 6.07 Å². The minimum absolute atomic E-state index is 0.109. The van der Waals surface area contributed by atoms with Crippen molar-refractivity contribution in [2.45, 2.75) is 0 Å². The van der Waals surface area contributed by atoms with Gasteiger partial charge in [-0.25, -0.2) is 4.79 Å². The summed E-state index contributed by atoms with van der Waals surface area (Å²) >= 11 is 6.14. The Kier molecular flexibility index (Phi) is 2.76. The van der Waals surface area contributed by atoms with Gasteiger partial charge < -0.3 is 9.52 Å². The summed E-state index contributed by atoms with van der Waals surface area (Å²) in [5, 5.41) is 10.0. The molecular formula is C15H9ClO3. The van der Waals surface area contributed by atoms with Crippen LogP contribution < -0.4 is 0 Å². The molecular weight excluding hydrogens is 264 g/mol. The van der Waals surface area contributed by atoms with Gasteiger partial charge in [0, 0.05) is 5.39 Å². The zero-order valence-electron chi connectivity index (χ0n) is 9.76. The summed E-state index contributed by atoms with van der Waals surface area (Å²) in [6.07, 6.45) is 0. The average Bonchev–Trinajstić information content (AvgIpc) is 2.84. The third kappa shape index (κ3) is 2.09. The topological polar surface area (TPSA) is 50.4 Å². The Labute approximate surface area is 114 Å². The number of halogens is 1. The number of aromatic carboxylic acids is 1. The summed E-state index contributed by atoms with van der Waals surface area (Å²) in [4.78, 5) is 10.9. The van der Waals surface area contributed by atoms with Crippen molar-refractivity contribution in [3.05, 3.63) is 59.3 Å². The molecule has 0 aliphatic heterocycles. The number of fused-ring (bicyclic) bond motifs is 1. The van der Waals surface area contributed by atoms with Gasteiger partial charge in [0.2, 0.25) is 5.76 Å². The van der Waals surface area contributed by atoms with Crippen molar-refractivity contribution in [1.82, 2.24) is 0 Å². The van der Waals surface area contributed by atoms with E-state index in [4.69, 9.17) is 21.1 Å². The van der Waals surface area contributed by atoms with Crippen molar-refractivity contribution < 1.29 is 14.3 Å². The largest absolute Gasteiger partial charge is 0.475 e. The van der Waals surface area contributed by atoms with Gasteiger partial charge >= 0.3 is 5.97 Å². The third-order valence-electron chi connectivity index (χ3n) is 2.89. The van der Waals surface area contributed by atoms with E-state index in [1.807, 2.05) is 36.4 Å². The van der Waals surface area contributed by atoms with Gasteiger partial charge in [-0.1, -0.05) is 41.9 Å². The van der Waals surface area contributed by atoms with E-state index in [0.29, 0.717) is 16.0 Å². The number of carbonyl (C=O) groups is 1. The lowest BCUT2D eigenvalue weighted by molar-refractivity contribution is 0.0665. The summed E-state index contributed by atoms with van der Waals surface area (Å²) < 4.78 is 5.22. The molecule has 0 bridgehead atoms. The van der Waals surface area contributed by atoms with Gasteiger partial charge in [0.05, 0.1) is 5.02 Å². The highest BCUT2D eigenvalue weighted by Crippen LogP contribution is 2.32. The second kappa shape index (κ2) is 4.44. The van der Waals surface area contributed by atoms with E-state index in [-0.39, 0.29) is 5.76 Å². The van der Waals surface area contributed by atoms with Crippen LogP contribution in [0.1, 0.15) is 10.6 Å². The van der Waals surface area contributed by atoms with Gasteiger partial charge in [0.15, 0.2) is 5.58 Å². The Morgan fingerprint density at radius 3 is 2.47 bits per heavy atom. The van der Waals surface area contributed by atoms with E-state index in [2.05, 4.69) is 0 Å². The minimum atomic E-state index is -1.10. The van der Waals surface area contributed by atoms with Crippen molar-refractivity contribution in [2.24, 2.45) is 0 Å². The Balaban J connectivity index is 2.22. The Morgan fingerprint density at radius 1 is 1.05 bits per heavy atom. The molecule has 1 aromatic heterocycles. The Morgan fingerprint density at radius 2 is 1.79 bits per heavy atom. The Hall–Kier alpha value is -2.26. The molecule has 19 heavy (non-hydrogen) atoms. The molecule has 0 spiro atoms. The van der Waals surface area contributed by atoms with Crippen LogP contribution in [0, 0.1) is 0 Å². The summed E-state index contributed by atoms with van der Waals surface area (Å²) in [5.74, 6) is -1.21. The predicted molar refractivity (Wildman–Crippen MR) is 73.6 cm³/mol. The van der Waals surface area contributed by atoms with Gasteiger partial charge in [0.25, 0.3) is 0 Å². The normalized spacial score (nSPS) is 10.8. The lowest BCUT2D eigenvalue weighted by atomic mass is 10.0. The lowest BCUT2D eigenvalue weighted by Gasteiger charge is -2.02. The third-order valence-corrected chi connectivity index (χ3v) is 3.17. The first kappa shape index (κ1) is 11.8. The summed E-state index contributed by atoms with van der Waals surface area (Å²) in [6.45, 7) is 0. The van der Waals surface area contributed by atoms with Crippen molar-refractivity contribution in [2.75, 3.05) is 0 Å². The average molecular weight is 273 g/mol. The van der Waals surface area contributed by atoms with Gasteiger partial charge in [-0.05, 0) is 29.3 Å². The molecule has 0 amide bonds. The second-order valence-corrected chi connectivity index (χ2v) is 4.57. The van der Waals surface area contributed by atoms with Crippen LogP contribution in [0.5, 0.6) is 0 Å². The van der Waals surface area contributed by atoms with E-state index < -0.39 is 5.97 Å². The number of hydrogen-bond donors (Lipinski definition) is 1. The molecule has 0 aliphatic rings. The molecule has 0 saturated heterocycles. The first-order valence-electron chi connectivity index (χ1n) is 5.67. The van der Waals surface area contributed by atoms with Gasteiger partial charge in [-0.3, -0.25) is 0 Å². The number of hydrogen-bond acceptors (Lipinski definition) is 2. The van der Waals surface area contributed by atoms with E-state index in [9.17, 15) is 4.79 Å². The highest BCUT2D eigenvalue weighted by atomic mass is 35.5. The maximum atomic E-state index is 10.9. The first-order valence-corrected chi connectivity index (χ1v) is 6.05. The van der Waals surface area contributed by atoms with Gasteiger partial charge in [0.1, 0.15) is 0 Å². The van der Waals surface area contributed by atoms with E-state index in [1.165, 1.54) is 6.07 Å². The number of benzene rings is 2. The molecule has 1 heterocycles. The SMILES string of the molecule is O=C(O)c1cc2cc(-c3ccccc3)cc(Cl)c2o1. The van der Waals surface area contributed by atoms with Gasteiger partial charge in [-0.15, -0.1) is 0 Å². The summed E-state index contributed by atoms with van der Waals surface area (Å²) in [5.41, 5.74) is 2.35. The summed E-state index contributed by atoms with van der Waals surface area (Å²) in [7, 11) is 0. The second-order valence-electron chi connectivity index (χ2n) is 4.16.